The summed E-state index contributed by atoms with van der Waals surface area (Å²) in [7, 11) is 0. The minimum Gasteiger partial charge on any atom is -0.444 e. The van der Waals surface area contributed by atoms with Gasteiger partial charge < -0.3 is 24.2 Å². The first-order valence-electron chi connectivity index (χ1n) is 15.1. The standard InChI is InChI=1S/C32H42N4O6/c1-32(2,3)42-31(40)35-17-11-22(12-18-35)20-34-15-13-24(14-16-34)41-19-5-7-23-6-4-8-25-26(23)21-36(30(25)39)27-9-10-28(37)33-29(27)38/h4,6,8,22,24,27H,9-21H2,1-3H3,(H,33,37,38). The third-order valence-electron chi connectivity index (χ3n) is 8.51. The van der Waals surface area contributed by atoms with E-state index in [4.69, 9.17) is 9.47 Å². The van der Waals surface area contributed by atoms with E-state index < -0.39 is 17.6 Å². The van der Waals surface area contributed by atoms with Crippen LogP contribution < -0.4 is 5.32 Å². The third kappa shape index (κ3) is 7.31. The van der Waals surface area contributed by atoms with Crippen molar-refractivity contribution in [3.63, 3.8) is 0 Å². The largest absolute Gasteiger partial charge is 0.444 e. The lowest BCUT2D eigenvalue weighted by atomic mass is 9.95. The fourth-order valence-electron chi connectivity index (χ4n) is 6.24. The molecule has 42 heavy (non-hydrogen) atoms. The number of benzene rings is 1. The number of piperidine rings is 3. The number of hydrogen-bond acceptors (Lipinski definition) is 7. The topological polar surface area (TPSA) is 108 Å². The van der Waals surface area contributed by atoms with Crippen LogP contribution in [0.15, 0.2) is 18.2 Å². The van der Waals surface area contributed by atoms with Crippen molar-refractivity contribution in [3.05, 3.63) is 34.9 Å². The Hall–Kier alpha value is -3.42. The summed E-state index contributed by atoms with van der Waals surface area (Å²) in [5.41, 5.74) is 1.70. The Balaban J connectivity index is 1.04. The lowest BCUT2D eigenvalue weighted by Crippen LogP contribution is -2.52. The summed E-state index contributed by atoms with van der Waals surface area (Å²) in [5, 5.41) is 2.34. The summed E-state index contributed by atoms with van der Waals surface area (Å²) in [4.78, 5) is 55.1. The molecule has 0 aliphatic carbocycles. The zero-order valence-electron chi connectivity index (χ0n) is 24.9. The van der Waals surface area contributed by atoms with Gasteiger partial charge in [-0.25, -0.2) is 4.79 Å². The minimum absolute atomic E-state index is 0.177. The van der Waals surface area contributed by atoms with Gasteiger partial charge in [0, 0.05) is 56.8 Å². The van der Waals surface area contributed by atoms with E-state index in [1.165, 1.54) is 0 Å². The maximum absolute atomic E-state index is 13.0. The van der Waals surface area contributed by atoms with Crippen LogP contribution >= 0.6 is 0 Å². The quantitative estimate of drug-likeness (QED) is 0.423. The van der Waals surface area contributed by atoms with Gasteiger partial charge in [0.2, 0.25) is 11.8 Å². The van der Waals surface area contributed by atoms with Gasteiger partial charge in [0.15, 0.2) is 0 Å². The highest BCUT2D eigenvalue weighted by Crippen LogP contribution is 2.29. The predicted molar refractivity (Wildman–Crippen MR) is 155 cm³/mol. The monoisotopic (exact) mass is 578 g/mol. The van der Waals surface area contributed by atoms with Crippen LogP contribution in [0.3, 0.4) is 0 Å². The van der Waals surface area contributed by atoms with Gasteiger partial charge in [0.05, 0.1) is 6.10 Å². The number of imide groups is 1. The number of fused-ring (bicyclic) bond motifs is 1. The Morgan fingerprint density at radius 2 is 1.76 bits per heavy atom. The molecular weight excluding hydrogens is 536 g/mol. The maximum atomic E-state index is 13.0. The zero-order valence-corrected chi connectivity index (χ0v) is 24.9. The third-order valence-corrected chi connectivity index (χ3v) is 8.51. The van der Waals surface area contributed by atoms with Crippen molar-refractivity contribution in [1.29, 1.82) is 0 Å². The molecule has 1 unspecified atom stereocenters. The SMILES string of the molecule is CC(C)(C)OC(=O)N1CCC(CN2CCC(OCC#Cc3cccc4c3CN(C3CCC(=O)NC3=O)C4=O)CC2)CC1. The van der Waals surface area contributed by atoms with Crippen molar-refractivity contribution < 1.29 is 28.7 Å². The molecule has 0 aromatic heterocycles. The molecule has 3 saturated heterocycles. The van der Waals surface area contributed by atoms with Crippen molar-refractivity contribution in [1.82, 2.24) is 20.0 Å². The second kappa shape index (κ2) is 12.8. The van der Waals surface area contributed by atoms with Gasteiger partial charge in [-0.05, 0) is 76.5 Å². The van der Waals surface area contributed by atoms with E-state index in [1.54, 1.807) is 11.0 Å². The van der Waals surface area contributed by atoms with Gasteiger partial charge in [-0.2, -0.15) is 0 Å². The molecule has 1 atom stereocenters. The molecule has 0 spiro atoms. The van der Waals surface area contributed by atoms with E-state index in [0.29, 0.717) is 31.1 Å². The number of ether oxygens (including phenoxy) is 2. The highest BCUT2D eigenvalue weighted by Gasteiger charge is 2.39. The highest BCUT2D eigenvalue weighted by atomic mass is 16.6. The Morgan fingerprint density at radius 1 is 1.02 bits per heavy atom. The van der Waals surface area contributed by atoms with Crippen molar-refractivity contribution >= 4 is 23.8 Å². The zero-order chi connectivity index (χ0) is 29.9. The molecular formula is C32H42N4O6. The van der Waals surface area contributed by atoms with Crippen LogP contribution in [0.1, 0.15) is 80.8 Å². The van der Waals surface area contributed by atoms with Crippen LogP contribution in [0.25, 0.3) is 0 Å². The highest BCUT2D eigenvalue weighted by molar-refractivity contribution is 6.05. The lowest BCUT2D eigenvalue weighted by molar-refractivity contribution is -0.136. The van der Waals surface area contributed by atoms with E-state index >= 15 is 0 Å². The molecule has 5 rings (SSSR count). The molecule has 0 bridgehead atoms. The van der Waals surface area contributed by atoms with Crippen LogP contribution in [-0.2, 0) is 25.6 Å². The minimum atomic E-state index is -0.636. The molecule has 1 aromatic rings. The van der Waals surface area contributed by atoms with Gasteiger partial charge in [0.25, 0.3) is 5.91 Å². The number of hydrogen-bond donors (Lipinski definition) is 1. The van der Waals surface area contributed by atoms with Crippen LogP contribution in [0.4, 0.5) is 4.79 Å². The molecule has 10 heteroatoms. The van der Waals surface area contributed by atoms with Crippen molar-refractivity contribution in [3.8, 4) is 11.8 Å². The maximum Gasteiger partial charge on any atom is 0.410 e. The first-order chi connectivity index (χ1) is 20.1. The molecule has 4 aliphatic rings. The Morgan fingerprint density at radius 3 is 2.45 bits per heavy atom. The second-order valence-electron chi connectivity index (χ2n) is 12.8. The van der Waals surface area contributed by atoms with Crippen molar-refractivity contribution in [2.45, 2.75) is 83.6 Å². The average molecular weight is 579 g/mol. The normalized spacial score (nSPS) is 22.5. The molecule has 4 aliphatic heterocycles. The van der Waals surface area contributed by atoms with Crippen molar-refractivity contribution in [2.75, 3.05) is 39.3 Å². The fraction of sp³-hybridized carbons (Fsp3) is 0.625. The average Bonchev–Trinajstić information content (AvgIpc) is 3.28. The van der Waals surface area contributed by atoms with E-state index in [2.05, 4.69) is 22.1 Å². The summed E-state index contributed by atoms with van der Waals surface area (Å²) in [6, 6.07) is 4.84. The second-order valence-corrected chi connectivity index (χ2v) is 12.8. The summed E-state index contributed by atoms with van der Waals surface area (Å²) < 4.78 is 11.6. The number of carbonyl (C=O) groups excluding carboxylic acids is 4. The number of carbonyl (C=O) groups is 4. The van der Waals surface area contributed by atoms with Gasteiger partial charge in [0.1, 0.15) is 18.2 Å². The van der Waals surface area contributed by atoms with Crippen molar-refractivity contribution in [2.24, 2.45) is 5.92 Å². The molecule has 0 saturated carbocycles. The van der Waals surface area contributed by atoms with E-state index in [0.717, 1.165) is 69.5 Å². The molecule has 3 fully saturated rings. The summed E-state index contributed by atoms with van der Waals surface area (Å²) in [6.45, 7) is 10.9. The number of amides is 4. The first-order valence-corrected chi connectivity index (χ1v) is 15.1. The number of nitrogens with one attached hydrogen (secondary N) is 1. The summed E-state index contributed by atoms with van der Waals surface area (Å²) in [6.07, 6.45) is 4.48. The van der Waals surface area contributed by atoms with Gasteiger partial charge >= 0.3 is 6.09 Å². The van der Waals surface area contributed by atoms with E-state index in [1.807, 2.05) is 37.8 Å². The van der Waals surface area contributed by atoms with Crippen LogP contribution in [0, 0.1) is 17.8 Å². The summed E-state index contributed by atoms with van der Waals surface area (Å²) in [5.74, 6) is 5.99. The van der Waals surface area contributed by atoms with Crippen LogP contribution in [-0.4, -0.2) is 95.6 Å². The number of likely N-dealkylation sites (tertiary alicyclic amines) is 2. The molecule has 10 nitrogen and oxygen atoms in total. The summed E-state index contributed by atoms with van der Waals surface area (Å²) >= 11 is 0. The molecule has 226 valence electrons. The van der Waals surface area contributed by atoms with Gasteiger partial charge in [-0.1, -0.05) is 17.9 Å². The van der Waals surface area contributed by atoms with E-state index in [-0.39, 0.29) is 30.4 Å². The Labute approximate surface area is 248 Å². The molecule has 0 radical (unpaired) electrons. The molecule has 1 N–H and O–H groups in total. The predicted octanol–water partition coefficient (Wildman–Crippen LogP) is 2.93. The Bertz CT molecular complexity index is 1260. The molecule has 1 aromatic carbocycles. The Kier molecular flexibility index (Phi) is 9.19. The smallest absolute Gasteiger partial charge is 0.410 e. The van der Waals surface area contributed by atoms with Crippen LogP contribution in [0.5, 0.6) is 0 Å². The fourth-order valence-corrected chi connectivity index (χ4v) is 6.24. The molecule has 4 amide bonds. The lowest BCUT2D eigenvalue weighted by Gasteiger charge is -2.37. The van der Waals surface area contributed by atoms with Crippen LogP contribution in [0.2, 0.25) is 0 Å². The van der Waals surface area contributed by atoms with Gasteiger partial charge in [-0.15, -0.1) is 0 Å². The first kappa shape index (κ1) is 30.1. The van der Waals surface area contributed by atoms with E-state index in [9.17, 15) is 19.2 Å². The van der Waals surface area contributed by atoms with Gasteiger partial charge in [-0.3, -0.25) is 19.7 Å². The molecule has 4 heterocycles. The number of nitrogens with zero attached hydrogens (tertiary/aromatic N) is 3. The number of rotatable bonds is 5.